The molecule has 0 spiro atoms. The molecule has 2 rings (SSSR count). The largest absolute Gasteiger partial charge is 0.455 e. The van der Waals surface area contributed by atoms with Crippen molar-refractivity contribution in [2.75, 3.05) is 19.5 Å². The van der Waals surface area contributed by atoms with Crippen LogP contribution in [0.3, 0.4) is 0 Å². The quantitative estimate of drug-likeness (QED) is 0.524. The fraction of sp³-hybridized carbons (Fsp3) is 0.667. The summed E-state index contributed by atoms with van der Waals surface area (Å²) >= 11 is 0. The van der Waals surface area contributed by atoms with Gasteiger partial charge in [-0.25, -0.2) is 4.79 Å². The molecule has 140 valence electrons. The molecule has 0 radical (unpaired) electrons. The van der Waals surface area contributed by atoms with Crippen molar-refractivity contribution in [2.45, 2.75) is 44.4 Å². The second-order valence-corrected chi connectivity index (χ2v) is 6.16. The van der Waals surface area contributed by atoms with E-state index >= 15 is 0 Å². The number of methoxy groups -OCH3 is 1. The van der Waals surface area contributed by atoms with Crippen LogP contribution in [0.25, 0.3) is 0 Å². The van der Waals surface area contributed by atoms with E-state index < -0.39 is 48.8 Å². The topological polar surface area (TPSA) is 152 Å². The van der Waals surface area contributed by atoms with E-state index in [-0.39, 0.29) is 11.7 Å². The van der Waals surface area contributed by atoms with Gasteiger partial charge in [-0.05, 0) is 12.0 Å². The number of nitrogen functional groups attached to an aromatic ring is 1. The maximum atomic E-state index is 12.2. The number of aliphatic hydroxyl groups excluding tert-OH is 1. The summed E-state index contributed by atoms with van der Waals surface area (Å²) in [7, 11) is 1.39. The zero-order chi connectivity index (χ0) is 18.7. The Morgan fingerprint density at radius 2 is 2.16 bits per heavy atom. The molecule has 5 N–H and O–H groups in total. The summed E-state index contributed by atoms with van der Waals surface area (Å²) in [5.74, 6) is -0.687. The lowest BCUT2D eigenvalue weighted by Crippen LogP contribution is -2.45. The van der Waals surface area contributed by atoms with E-state index in [0.29, 0.717) is 0 Å². The Labute approximate surface area is 144 Å². The minimum Gasteiger partial charge on any atom is -0.455 e. The first-order valence-corrected chi connectivity index (χ1v) is 7.90. The molecule has 0 amide bonds. The van der Waals surface area contributed by atoms with E-state index in [0.717, 1.165) is 0 Å². The Hall–Kier alpha value is -2.01. The van der Waals surface area contributed by atoms with E-state index in [9.17, 15) is 14.7 Å². The fourth-order valence-electron chi connectivity index (χ4n) is 2.58. The van der Waals surface area contributed by atoms with Crippen LogP contribution in [-0.2, 0) is 19.0 Å². The minimum atomic E-state index is -0.934. The van der Waals surface area contributed by atoms with Crippen LogP contribution in [0.2, 0.25) is 0 Å². The van der Waals surface area contributed by atoms with Crippen LogP contribution in [-0.4, -0.2) is 58.7 Å². The van der Waals surface area contributed by atoms with Crippen LogP contribution in [0, 0.1) is 5.92 Å². The number of carbonyl (C=O) groups is 1. The van der Waals surface area contributed by atoms with E-state index in [1.165, 1.54) is 23.9 Å². The van der Waals surface area contributed by atoms with Gasteiger partial charge in [0.1, 0.15) is 24.1 Å². The highest BCUT2D eigenvalue weighted by Gasteiger charge is 2.49. The summed E-state index contributed by atoms with van der Waals surface area (Å²) in [5, 5.41) is 9.56. The van der Waals surface area contributed by atoms with Crippen LogP contribution in [0.4, 0.5) is 5.82 Å². The summed E-state index contributed by atoms with van der Waals surface area (Å²) in [4.78, 5) is 27.9. The molecule has 1 saturated heterocycles. The van der Waals surface area contributed by atoms with Crippen molar-refractivity contribution in [3.8, 4) is 0 Å². The molecule has 25 heavy (non-hydrogen) atoms. The molecule has 1 aliphatic heterocycles. The number of rotatable bonds is 6. The van der Waals surface area contributed by atoms with Gasteiger partial charge < -0.3 is 30.8 Å². The Bertz CT molecular complexity index is 664. The first-order chi connectivity index (χ1) is 11.8. The molecule has 0 aliphatic carbocycles. The first-order valence-electron chi connectivity index (χ1n) is 7.90. The minimum absolute atomic E-state index is 0.0674. The van der Waals surface area contributed by atoms with Gasteiger partial charge in [-0.1, -0.05) is 13.8 Å². The molecule has 10 nitrogen and oxygen atoms in total. The molecule has 2 unspecified atom stereocenters. The Morgan fingerprint density at radius 3 is 2.68 bits per heavy atom. The van der Waals surface area contributed by atoms with Crippen molar-refractivity contribution >= 4 is 11.8 Å². The highest BCUT2D eigenvalue weighted by molar-refractivity contribution is 5.76. The molecular weight excluding hydrogens is 332 g/mol. The molecule has 0 bridgehead atoms. The molecule has 10 heteroatoms. The molecule has 1 aliphatic rings. The van der Waals surface area contributed by atoms with Crippen LogP contribution < -0.4 is 17.2 Å². The van der Waals surface area contributed by atoms with Gasteiger partial charge in [0.25, 0.3) is 0 Å². The fourth-order valence-corrected chi connectivity index (χ4v) is 2.58. The van der Waals surface area contributed by atoms with Gasteiger partial charge in [0.2, 0.25) is 0 Å². The number of nitrogens with zero attached hydrogens (tertiary/aromatic N) is 2. The third-order valence-electron chi connectivity index (χ3n) is 4.11. The van der Waals surface area contributed by atoms with Gasteiger partial charge in [-0.2, -0.15) is 4.98 Å². The standard InChI is InChI=1S/C15H24N4O6/c1-7(2)10(17)14(21)25-11-8(6-20)24-13(12(11)23-3)19-5-4-9(16)18-15(19)22/h4-5,7-8,10-13,20H,6,17H2,1-3H3,(H2,16,18,22)/t8-,10+,11?,12?,13-/m0/s1. The molecule has 1 aromatic rings. The van der Waals surface area contributed by atoms with Gasteiger partial charge in [0.05, 0.1) is 6.61 Å². The van der Waals surface area contributed by atoms with Crippen molar-refractivity contribution in [1.29, 1.82) is 0 Å². The normalized spacial score (nSPS) is 27.4. The van der Waals surface area contributed by atoms with Gasteiger partial charge in [0, 0.05) is 13.3 Å². The number of hydrogen-bond acceptors (Lipinski definition) is 9. The first kappa shape index (κ1) is 19.3. The Kier molecular flexibility index (Phi) is 6.11. The van der Waals surface area contributed by atoms with Gasteiger partial charge >= 0.3 is 11.7 Å². The number of aliphatic hydroxyl groups is 1. The van der Waals surface area contributed by atoms with Crippen molar-refractivity contribution in [2.24, 2.45) is 11.7 Å². The monoisotopic (exact) mass is 356 g/mol. The zero-order valence-electron chi connectivity index (χ0n) is 14.4. The van der Waals surface area contributed by atoms with E-state index in [1.807, 2.05) is 0 Å². The Morgan fingerprint density at radius 1 is 1.48 bits per heavy atom. The van der Waals surface area contributed by atoms with Crippen molar-refractivity contribution in [1.82, 2.24) is 9.55 Å². The maximum absolute atomic E-state index is 12.2. The lowest BCUT2D eigenvalue weighted by atomic mass is 10.1. The lowest BCUT2D eigenvalue weighted by Gasteiger charge is -2.25. The van der Waals surface area contributed by atoms with E-state index in [1.54, 1.807) is 13.8 Å². The average molecular weight is 356 g/mol. The lowest BCUT2D eigenvalue weighted by molar-refractivity contribution is -0.160. The maximum Gasteiger partial charge on any atom is 0.351 e. The number of esters is 1. The number of carbonyl (C=O) groups excluding carboxylic acids is 1. The zero-order valence-corrected chi connectivity index (χ0v) is 14.4. The van der Waals surface area contributed by atoms with Gasteiger partial charge in [-0.15, -0.1) is 0 Å². The van der Waals surface area contributed by atoms with E-state index in [4.69, 9.17) is 25.7 Å². The van der Waals surface area contributed by atoms with E-state index in [2.05, 4.69) is 4.98 Å². The highest BCUT2D eigenvalue weighted by atomic mass is 16.6. The molecule has 1 fully saturated rings. The second-order valence-electron chi connectivity index (χ2n) is 6.16. The summed E-state index contributed by atoms with van der Waals surface area (Å²) in [5.41, 5.74) is 10.6. The molecule has 0 aromatic carbocycles. The summed E-state index contributed by atoms with van der Waals surface area (Å²) in [6.07, 6.45) is -2.16. The molecular formula is C15H24N4O6. The molecule has 1 aromatic heterocycles. The third kappa shape index (κ3) is 3.98. The van der Waals surface area contributed by atoms with Gasteiger partial charge in [-0.3, -0.25) is 9.36 Å². The second kappa shape index (κ2) is 7.91. The average Bonchev–Trinajstić information content (AvgIpc) is 2.91. The van der Waals surface area contributed by atoms with Gasteiger partial charge in [0.15, 0.2) is 12.3 Å². The van der Waals surface area contributed by atoms with Crippen LogP contribution in [0.1, 0.15) is 20.1 Å². The summed E-state index contributed by atoms with van der Waals surface area (Å²) in [6, 6.07) is 0.608. The Balaban J connectivity index is 2.28. The smallest absolute Gasteiger partial charge is 0.351 e. The predicted molar refractivity (Wildman–Crippen MR) is 87.4 cm³/mol. The van der Waals surface area contributed by atoms with Crippen molar-refractivity contribution in [3.05, 3.63) is 22.7 Å². The van der Waals surface area contributed by atoms with Crippen LogP contribution in [0.5, 0.6) is 0 Å². The number of anilines is 1. The summed E-state index contributed by atoms with van der Waals surface area (Å²) in [6.45, 7) is 3.15. The third-order valence-corrected chi connectivity index (χ3v) is 4.11. The molecule has 5 atom stereocenters. The summed E-state index contributed by atoms with van der Waals surface area (Å²) < 4.78 is 17.6. The van der Waals surface area contributed by atoms with Crippen LogP contribution >= 0.6 is 0 Å². The van der Waals surface area contributed by atoms with Crippen molar-refractivity contribution < 1.29 is 24.1 Å². The number of nitrogens with two attached hydrogens (primary N) is 2. The number of aromatic nitrogens is 2. The number of hydrogen-bond donors (Lipinski definition) is 3. The van der Waals surface area contributed by atoms with Crippen LogP contribution in [0.15, 0.2) is 17.1 Å². The predicted octanol–water partition coefficient (Wildman–Crippen LogP) is -1.37. The number of ether oxygens (including phenoxy) is 3. The molecule has 0 saturated carbocycles. The molecule has 2 heterocycles. The SMILES string of the molecule is COC1C(OC(=O)[C@H](N)C(C)C)[C@H](CO)O[C@@H]1n1ccc(N)nc1=O. The highest BCUT2D eigenvalue weighted by Crippen LogP contribution is 2.32. The van der Waals surface area contributed by atoms with Crippen molar-refractivity contribution in [3.63, 3.8) is 0 Å².